The highest BCUT2D eigenvalue weighted by Gasteiger charge is 2.44. The van der Waals surface area contributed by atoms with E-state index >= 15 is 0 Å². The van der Waals surface area contributed by atoms with Crippen LogP contribution >= 0.6 is 0 Å². The van der Waals surface area contributed by atoms with E-state index in [0.29, 0.717) is 6.42 Å². The number of hydrogen-bond donors (Lipinski definition) is 5. The van der Waals surface area contributed by atoms with Crippen LogP contribution in [-0.2, 0) is 11.2 Å². The summed E-state index contributed by atoms with van der Waals surface area (Å²) in [6.07, 6.45) is -6.10. The van der Waals surface area contributed by atoms with Crippen molar-refractivity contribution in [3.8, 4) is 5.75 Å². The molecule has 1 aliphatic rings. The molecule has 0 radical (unpaired) electrons. The number of furan rings is 1. The molecule has 1 aliphatic heterocycles. The van der Waals surface area contributed by atoms with Crippen molar-refractivity contribution in [1.82, 2.24) is 0 Å². The number of aliphatic hydroxyl groups excluding tert-OH is 4. The third kappa shape index (κ3) is 3.71. The largest absolute Gasteiger partial charge is 0.508 e. The van der Waals surface area contributed by atoms with Crippen LogP contribution in [0.5, 0.6) is 5.75 Å². The van der Waals surface area contributed by atoms with Gasteiger partial charge in [0.25, 0.3) is 0 Å². The van der Waals surface area contributed by atoms with Crippen molar-refractivity contribution in [2.45, 2.75) is 50.8 Å². The van der Waals surface area contributed by atoms with Gasteiger partial charge < -0.3 is 34.7 Å². The summed E-state index contributed by atoms with van der Waals surface area (Å²) in [7, 11) is 0. The van der Waals surface area contributed by atoms with Crippen molar-refractivity contribution < 1.29 is 34.7 Å². The molecule has 2 aromatic carbocycles. The van der Waals surface area contributed by atoms with Crippen LogP contribution in [0.25, 0.3) is 11.0 Å². The molecule has 30 heavy (non-hydrogen) atoms. The lowest BCUT2D eigenvalue weighted by Crippen LogP contribution is -2.55. The van der Waals surface area contributed by atoms with Crippen LogP contribution in [0.1, 0.15) is 34.1 Å². The van der Waals surface area contributed by atoms with Crippen LogP contribution in [0.4, 0.5) is 0 Å². The highest BCUT2D eigenvalue weighted by molar-refractivity contribution is 5.82. The van der Waals surface area contributed by atoms with Crippen LogP contribution in [0.2, 0.25) is 0 Å². The molecule has 7 nitrogen and oxygen atoms in total. The minimum Gasteiger partial charge on any atom is -0.508 e. The molecule has 160 valence electrons. The Balaban J connectivity index is 1.64. The summed E-state index contributed by atoms with van der Waals surface area (Å²) in [5.41, 5.74) is 4.15. The van der Waals surface area contributed by atoms with Crippen LogP contribution in [0.3, 0.4) is 0 Å². The minimum absolute atomic E-state index is 0.112. The number of aromatic hydroxyl groups is 1. The monoisotopic (exact) mass is 414 g/mol. The van der Waals surface area contributed by atoms with Gasteiger partial charge in [0.1, 0.15) is 47.6 Å². The van der Waals surface area contributed by atoms with Gasteiger partial charge in [-0.25, -0.2) is 0 Å². The molecule has 5 atom stereocenters. The number of phenols is 1. The number of aliphatic hydroxyl groups is 4. The zero-order valence-corrected chi connectivity index (χ0v) is 16.8. The first-order valence-electron chi connectivity index (χ1n) is 9.90. The van der Waals surface area contributed by atoms with Crippen LogP contribution in [-0.4, -0.2) is 56.6 Å². The van der Waals surface area contributed by atoms with Crippen molar-refractivity contribution in [3.05, 3.63) is 64.4 Å². The quantitative estimate of drug-likeness (QED) is 0.441. The van der Waals surface area contributed by atoms with Crippen LogP contribution < -0.4 is 0 Å². The van der Waals surface area contributed by atoms with E-state index in [-0.39, 0.29) is 11.3 Å². The molecule has 5 N–H and O–H groups in total. The first kappa shape index (κ1) is 20.8. The molecular formula is C23H26O7. The molecule has 4 rings (SSSR count). The number of fused-ring (bicyclic) bond motifs is 1. The number of phenolic OH excluding ortho intramolecular Hbond substituents is 1. The molecule has 0 aliphatic carbocycles. The summed E-state index contributed by atoms with van der Waals surface area (Å²) in [6, 6.07) is 11.0. The first-order valence-corrected chi connectivity index (χ1v) is 9.90. The molecule has 7 heteroatoms. The second kappa shape index (κ2) is 8.02. The normalized spacial score (nSPS) is 26.9. The molecule has 1 saturated heterocycles. The highest BCUT2D eigenvalue weighted by atomic mass is 16.5. The van der Waals surface area contributed by atoms with Gasteiger partial charge in [0.05, 0.1) is 6.61 Å². The number of benzene rings is 2. The minimum atomic E-state index is -1.51. The van der Waals surface area contributed by atoms with Gasteiger partial charge in [-0.05, 0) is 54.8 Å². The number of rotatable bonds is 4. The van der Waals surface area contributed by atoms with Gasteiger partial charge in [0.2, 0.25) is 0 Å². The van der Waals surface area contributed by atoms with E-state index in [0.717, 1.165) is 33.4 Å². The predicted molar refractivity (Wildman–Crippen MR) is 109 cm³/mol. The Morgan fingerprint density at radius 3 is 2.43 bits per heavy atom. The van der Waals surface area contributed by atoms with Crippen molar-refractivity contribution in [3.63, 3.8) is 0 Å². The van der Waals surface area contributed by atoms with E-state index in [1.807, 2.05) is 26.0 Å². The smallest absolute Gasteiger partial charge is 0.134 e. The molecule has 0 bridgehead atoms. The maximum Gasteiger partial charge on any atom is 0.134 e. The molecule has 2 heterocycles. The van der Waals surface area contributed by atoms with E-state index in [1.165, 1.54) is 6.07 Å². The SMILES string of the molecule is Cc1cc(C)c2cc(Cc3ccc(O)c(C4O[C@H](CO)[C@@H](O)C(O)[C@H]4O)c3)oc2c1. The summed E-state index contributed by atoms with van der Waals surface area (Å²) in [6.45, 7) is 3.52. The fourth-order valence-corrected chi connectivity index (χ4v) is 4.13. The Labute approximate surface area is 173 Å². The van der Waals surface area contributed by atoms with Crippen LogP contribution in [0, 0.1) is 13.8 Å². The van der Waals surface area contributed by atoms with Gasteiger partial charge in [-0.2, -0.15) is 0 Å². The number of hydrogen-bond acceptors (Lipinski definition) is 7. The predicted octanol–water partition coefficient (Wildman–Crippen LogP) is 1.86. The fraction of sp³-hybridized carbons (Fsp3) is 0.391. The Hall–Kier alpha value is -2.42. The van der Waals surface area contributed by atoms with Crippen molar-refractivity contribution in [1.29, 1.82) is 0 Å². The molecule has 1 aromatic heterocycles. The fourth-order valence-electron chi connectivity index (χ4n) is 4.13. The number of ether oxygens (including phenoxy) is 1. The van der Waals surface area contributed by atoms with E-state index in [9.17, 15) is 25.5 Å². The maximum absolute atomic E-state index is 10.4. The van der Waals surface area contributed by atoms with Gasteiger partial charge in [0.15, 0.2) is 0 Å². The average molecular weight is 414 g/mol. The topological polar surface area (TPSA) is 124 Å². The van der Waals surface area contributed by atoms with E-state index < -0.39 is 37.1 Å². The first-order chi connectivity index (χ1) is 14.3. The highest BCUT2D eigenvalue weighted by Crippen LogP contribution is 2.37. The van der Waals surface area contributed by atoms with Gasteiger partial charge in [-0.15, -0.1) is 0 Å². The third-order valence-electron chi connectivity index (χ3n) is 5.71. The lowest BCUT2D eigenvalue weighted by atomic mass is 9.90. The zero-order chi connectivity index (χ0) is 21.6. The molecule has 0 amide bonds. The van der Waals surface area contributed by atoms with Gasteiger partial charge in [0, 0.05) is 17.4 Å². The van der Waals surface area contributed by atoms with E-state index in [4.69, 9.17) is 9.15 Å². The Kier molecular flexibility index (Phi) is 5.57. The average Bonchev–Trinajstić information content (AvgIpc) is 3.11. The van der Waals surface area contributed by atoms with Gasteiger partial charge >= 0.3 is 0 Å². The lowest BCUT2D eigenvalue weighted by molar-refractivity contribution is -0.232. The second-order valence-corrected chi connectivity index (χ2v) is 8.03. The number of aryl methyl sites for hydroxylation is 2. The van der Waals surface area contributed by atoms with Gasteiger partial charge in [-0.3, -0.25) is 0 Å². The summed E-state index contributed by atoms with van der Waals surface area (Å²) in [4.78, 5) is 0. The molecule has 0 saturated carbocycles. The summed E-state index contributed by atoms with van der Waals surface area (Å²) >= 11 is 0. The molecular weight excluding hydrogens is 388 g/mol. The Bertz CT molecular complexity index is 1060. The Morgan fingerprint density at radius 1 is 0.933 bits per heavy atom. The molecule has 0 spiro atoms. The maximum atomic E-state index is 10.4. The molecule has 3 aromatic rings. The van der Waals surface area contributed by atoms with Crippen molar-refractivity contribution >= 4 is 11.0 Å². The third-order valence-corrected chi connectivity index (χ3v) is 5.71. The standard InChI is InChI=1S/C23H26O7/c1-11-5-12(2)15-9-14(29-18(15)6-11)7-13-3-4-17(25)16(8-13)23-22(28)21(27)20(26)19(10-24)30-23/h3-6,8-9,19-28H,7,10H2,1-2H3/t19-,20-,21?,22-,23?/m1/s1. The van der Waals surface area contributed by atoms with Crippen LogP contribution in [0.15, 0.2) is 40.8 Å². The summed E-state index contributed by atoms with van der Waals surface area (Å²) < 4.78 is 11.6. The zero-order valence-electron chi connectivity index (χ0n) is 16.8. The Morgan fingerprint density at radius 2 is 1.70 bits per heavy atom. The summed E-state index contributed by atoms with van der Waals surface area (Å²) in [5.74, 6) is 0.642. The van der Waals surface area contributed by atoms with E-state index in [2.05, 4.69) is 6.07 Å². The lowest BCUT2D eigenvalue weighted by Gasteiger charge is -2.40. The van der Waals surface area contributed by atoms with Gasteiger partial charge in [-0.1, -0.05) is 12.1 Å². The van der Waals surface area contributed by atoms with Crippen molar-refractivity contribution in [2.24, 2.45) is 0 Å². The van der Waals surface area contributed by atoms with Crippen molar-refractivity contribution in [2.75, 3.05) is 6.61 Å². The second-order valence-electron chi connectivity index (χ2n) is 8.03. The molecule has 2 unspecified atom stereocenters. The summed E-state index contributed by atoms with van der Waals surface area (Å²) in [5, 5.41) is 51.2. The molecule has 1 fully saturated rings. The van der Waals surface area contributed by atoms with E-state index in [1.54, 1.807) is 12.1 Å².